The van der Waals surface area contributed by atoms with Gasteiger partial charge in [0.15, 0.2) is 5.75 Å². The summed E-state index contributed by atoms with van der Waals surface area (Å²) in [5.41, 5.74) is -0.563. The number of halogens is 4. The average Bonchev–Trinajstić information content (AvgIpc) is 2.15. The highest BCUT2D eigenvalue weighted by molar-refractivity contribution is 9.08. The van der Waals surface area contributed by atoms with Gasteiger partial charge >= 0.3 is 6.18 Å². The van der Waals surface area contributed by atoms with Gasteiger partial charge in [-0.25, -0.2) is 0 Å². The van der Waals surface area contributed by atoms with Crippen molar-refractivity contribution in [3.05, 3.63) is 23.5 Å². The molecule has 1 heterocycles. The number of methoxy groups -OCH3 is 1. The summed E-state index contributed by atoms with van der Waals surface area (Å²) in [4.78, 5) is 3.77. The predicted molar refractivity (Wildman–Crippen MR) is 48.4 cm³/mol. The Morgan fingerprint density at radius 2 is 2.14 bits per heavy atom. The fraction of sp³-hybridized carbons (Fsp3) is 0.375. The number of rotatable bonds is 2. The molecule has 1 rings (SSSR count). The molecule has 0 saturated heterocycles. The fourth-order valence-corrected chi connectivity index (χ4v) is 1.44. The summed E-state index contributed by atoms with van der Waals surface area (Å²) in [6.07, 6.45) is -3.30. The van der Waals surface area contributed by atoms with Crippen LogP contribution < -0.4 is 4.74 Å². The van der Waals surface area contributed by atoms with E-state index in [1.165, 1.54) is 7.11 Å². The Labute approximate surface area is 87.2 Å². The second-order valence-corrected chi connectivity index (χ2v) is 3.03. The molecule has 0 atom stereocenters. The Hall–Kier alpha value is -0.780. The zero-order valence-electron chi connectivity index (χ0n) is 7.23. The van der Waals surface area contributed by atoms with E-state index in [9.17, 15) is 13.2 Å². The number of pyridine rings is 1. The molecule has 0 unspecified atom stereocenters. The van der Waals surface area contributed by atoms with E-state index in [1.54, 1.807) is 0 Å². The van der Waals surface area contributed by atoms with Crippen molar-refractivity contribution in [3.63, 3.8) is 0 Å². The number of ether oxygens (including phenoxy) is 1. The summed E-state index contributed by atoms with van der Waals surface area (Å²) in [6, 6.07) is 0.894. The Kier molecular flexibility index (Phi) is 3.36. The summed E-state index contributed by atoms with van der Waals surface area (Å²) >= 11 is 3.04. The summed E-state index contributed by atoms with van der Waals surface area (Å²) < 4.78 is 42.0. The molecule has 0 fully saturated rings. The van der Waals surface area contributed by atoms with Crippen molar-refractivity contribution in [2.75, 3.05) is 7.11 Å². The molecule has 1 aromatic heterocycles. The van der Waals surface area contributed by atoms with E-state index >= 15 is 0 Å². The predicted octanol–water partition coefficient (Wildman–Crippen LogP) is 3.00. The largest absolute Gasteiger partial charge is 0.494 e. The van der Waals surface area contributed by atoms with Gasteiger partial charge in [0.05, 0.1) is 12.8 Å². The first-order chi connectivity index (χ1) is 6.50. The smallest absolute Gasteiger partial charge is 0.420 e. The minimum atomic E-state index is -4.41. The molecule has 0 aliphatic heterocycles. The number of nitrogens with zero attached hydrogens (tertiary/aromatic N) is 1. The van der Waals surface area contributed by atoms with Gasteiger partial charge in [-0.1, -0.05) is 15.9 Å². The number of hydrogen-bond donors (Lipinski definition) is 0. The van der Waals surface area contributed by atoms with Gasteiger partial charge in [0.2, 0.25) is 0 Å². The normalized spacial score (nSPS) is 11.5. The van der Waals surface area contributed by atoms with Crippen molar-refractivity contribution in [1.82, 2.24) is 4.98 Å². The van der Waals surface area contributed by atoms with Crippen molar-refractivity contribution in [3.8, 4) is 5.75 Å². The van der Waals surface area contributed by atoms with Crippen LogP contribution in [0.2, 0.25) is 0 Å². The Morgan fingerprint density at radius 1 is 1.50 bits per heavy atom. The molecule has 0 aliphatic rings. The average molecular weight is 270 g/mol. The minimum Gasteiger partial charge on any atom is -0.494 e. The molecular weight excluding hydrogens is 263 g/mol. The molecule has 2 nitrogen and oxygen atoms in total. The molecule has 0 N–H and O–H groups in total. The zero-order valence-corrected chi connectivity index (χ0v) is 8.82. The van der Waals surface area contributed by atoms with Crippen LogP contribution in [0, 0.1) is 0 Å². The second-order valence-electron chi connectivity index (χ2n) is 2.47. The van der Waals surface area contributed by atoms with Gasteiger partial charge in [0.1, 0.15) is 5.56 Å². The quantitative estimate of drug-likeness (QED) is 0.771. The van der Waals surface area contributed by atoms with Crippen molar-refractivity contribution in [2.45, 2.75) is 11.5 Å². The van der Waals surface area contributed by atoms with Crippen LogP contribution in [0.15, 0.2) is 12.3 Å². The van der Waals surface area contributed by atoms with Crippen LogP contribution >= 0.6 is 15.9 Å². The Balaban J connectivity index is 3.29. The molecule has 0 aliphatic carbocycles. The van der Waals surface area contributed by atoms with Crippen LogP contribution in [0.1, 0.15) is 11.3 Å². The topological polar surface area (TPSA) is 22.1 Å². The van der Waals surface area contributed by atoms with E-state index in [2.05, 4.69) is 25.7 Å². The Bertz CT molecular complexity index is 327. The van der Waals surface area contributed by atoms with Crippen LogP contribution in [0.5, 0.6) is 5.75 Å². The summed E-state index contributed by atoms with van der Waals surface area (Å²) in [5, 5.41) is 0.222. The lowest BCUT2D eigenvalue weighted by atomic mass is 10.2. The van der Waals surface area contributed by atoms with Crippen LogP contribution in [0.3, 0.4) is 0 Å². The first kappa shape index (κ1) is 11.3. The molecule has 0 radical (unpaired) electrons. The lowest BCUT2D eigenvalue weighted by Crippen LogP contribution is -2.09. The highest BCUT2D eigenvalue weighted by atomic mass is 79.9. The van der Waals surface area contributed by atoms with Gasteiger partial charge in [0, 0.05) is 11.5 Å². The molecule has 0 amide bonds. The van der Waals surface area contributed by atoms with E-state index in [1.807, 2.05) is 0 Å². The number of hydrogen-bond acceptors (Lipinski definition) is 2. The van der Waals surface area contributed by atoms with Gasteiger partial charge in [0.25, 0.3) is 0 Å². The van der Waals surface area contributed by atoms with Crippen molar-refractivity contribution in [1.29, 1.82) is 0 Å². The zero-order chi connectivity index (χ0) is 10.8. The third-order valence-electron chi connectivity index (χ3n) is 1.61. The van der Waals surface area contributed by atoms with Crippen molar-refractivity contribution >= 4 is 15.9 Å². The molecule has 14 heavy (non-hydrogen) atoms. The molecule has 0 bridgehead atoms. The summed E-state index contributed by atoms with van der Waals surface area (Å²) in [5.74, 6) is -0.225. The molecule has 1 aromatic rings. The summed E-state index contributed by atoms with van der Waals surface area (Å²) in [6.45, 7) is 0. The van der Waals surface area contributed by atoms with E-state index in [0.717, 1.165) is 12.3 Å². The van der Waals surface area contributed by atoms with Crippen molar-refractivity contribution in [2.24, 2.45) is 0 Å². The van der Waals surface area contributed by atoms with Crippen LogP contribution in [0.4, 0.5) is 13.2 Å². The first-order valence-corrected chi connectivity index (χ1v) is 4.78. The first-order valence-electron chi connectivity index (χ1n) is 3.65. The maximum absolute atomic E-state index is 12.4. The second kappa shape index (κ2) is 4.16. The molecule has 6 heteroatoms. The number of alkyl halides is 4. The third-order valence-corrected chi connectivity index (χ3v) is 2.15. The highest BCUT2D eigenvalue weighted by Gasteiger charge is 2.35. The van der Waals surface area contributed by atoms with Gasteiger partial charge < -0.3 is 4.74 Å². The molecule has 0 spiro atoms. The SMILES string of the molecule is COc1c(C(F)(F)F)ccnc1CBr. The maximum Gasteiger partial charge on any atom is 0.420 e. The van der Waals surface area contributed by atoms with Crippen LogP contribution in [0.25, 0.3) is 0 Å². The molecular formula is C8H7BrF3NO. The minimum absolute atomic E-state index is 0.222. The molecule has 0 aromatic carbocycles. The van der Waals surface area contributed by atoms with E-state index in [4.69, 9.17) is 0 Å². The molecule has 0 saturated carbocycles. The van der Waals surface area contributed by atoms with Gasteiger partial charge in [-0.3, -0.25) is 4.98 Å². The monoisotopic (exact) mass is 269 g/mol. The van der Waals surface area contributed by atoms with E-state index in [0.29, 0.717) is 0 Å². The highest BCUT2D eigenvalue weighted by Crippen LogP contribution is 2.37. The summed E-state index contributed by atoms with van der Waals surface area (Å²) in [7, 11) is 1.19. The van der Waals surface area contributed by atoms with Gasteiger partial charge in [-0.15, -0.1) is 0 Å². The lowest BCUT2D eigenvalue weighted by Gasteiger charge is -2.13. The Morgan fingerprint density at radius 3 is 2.57 bits per heavy atom. The van der Waals surface area contributed by atoms with Crippen LogP contribution in [-0.2, 0) is 11.5 Å². The lowest BCUT2D eigenvalue weighted by molar-refractivity contribution is -0.138. The molecule has 78 valence electrons. The standard InChI is InChI=1S/C8H7BrF3NO/c1-14-7-5(8(10,11)12)2-3-13-6(7)4-9/h2-3H,4H2,1H3. The number of aromatic nitrogens is 1. The van der Waals surface area contributed by atoms with Gasteiger partial charge in [-0.2, -0.15) is 13.2 Å². The van der Waals surface area contributed by atoms with Gasteiger partial charge in [-0.05, 0) is 6.07 Å². The van der Waals surface area contributed by atoms with Crippen LogP contribution in [-0.4, -0.2) is 12.1 Å². The van der Waals surface area contributed by atoms with E-state index in [-0.39, 0.29) is 16.8 Å². The fourth-order valence-electron chi connectivity index (χ4n) is 1.04. The maximum atomic E-state index is 12.4. The van der Waals surface area contributed by atoms with E-state index < -0.39 is 11.7 Å². The third kappa shape index (κ3) is 2.17. The van der Waals surface area contributed by atoms with Crippen molar-refractivity contribution < 1.29 is 17.9 Å².